The van der Waals surface area contributed by atoms with Gasteiger partial charge in [-0.3, -0.25) is 19.7 Å². The van der Waals surface area contributed by atoms with Crippen LogP contribution in [0, 0.1) is 10.1 Å². The summed E-state index contributed by atoms with van der Waals surface area (Å²) in [6.45, 7) is 2.38. The van der Waals surface area contributed by atoms with Gasteiger partial charge >= 0.3 is 5.69 Å². The molecular weight excluding hydrogens is 240 g/mol. The molecule has 0 aliphatic heterocycles. The highest BCUT2D eigenvalue weighted by Gasteiger charge is 2.15. The van der Waals surface area contributed by atoms with Crippen molar-refractivity contribution in [1.29, 1.82) is 0 Å². The Morgan fingerprint density at radius 1 is 1.67 bits per heavy atom. The van der Waals surface area contributed by atoms with E-state index in [2.05, 4.69) is 5.10 Å². The zero-order valence-electron chi connectivity index (χ0n) is 10.4. The molecule has 0 aromatic carbocycles. The minimum atomic E-state index is -0.705. The van der Waals surface area contributed by atoms with E-state index < -0.39 is 11.0 Å². The molecule has 0 spiro atoms. The second-order valence-corrected chi connectivity index (χ2v) is 4.30. The molecule has 1 aromatic rings. The molecule has 102 valence electrons. The van der Waals surface area contributed by atoms with Gasteiger partial charge in [-0.15, -0.1) is 0 Å². The number of hydrogen-bond acceptors (Lipinski definition) is 6. The van der Waals surface area contributed by atoms with Crippen LogP contribution < -0.4 is 0 Å². The number of nitro groups is 1. The van der Waals surface area contributed by atoms with E-state index in [9.17, 15) is 15.2 Å². The van der Waals surface area contributed by atoms with Gasteiger partial charge in [-0.05, 0) is 14.0 Å². The molecule has 2 unspecified atom stereocenters. The van der Waals surface area contributed by atoms with Crippen LogP contribution in [0.2, 0.25) is 0 Å². The molecule has 0 radical (unpaired) electrons. The maximum absolute atomic E-state index is 10.5. The van der Waals surface area contributed by atoms with E-state index in [0.717, 1.165) is 6.20 Å². The molecule has 8 heteroatoms. The Balaban J connectivity index is 2.48. The van der Waals surface area contributed by atoms with E-state index in [4.69, 9.17) is 5.11 Å². The van der Waals surface area contributed by atoms with Crippen LogP contribution in [0.15, 0.2) is 12.4 Å². The number of nitrogens with zero attached hydrogens (tertiary/aromatic N) is 4. The third kappa shape index (κ3) is 4.06. The van der Waals surface area contributed by atoms with E-state index in [1.54, 1.807) is 7.05 Å². The summed E-state index contributed by atoms with van der Waals surface area (Å²) >= 11 is 0. The van der Waals surface area contributed by atoms with E-state index in [1.165, 1.54) is 10.9 Å². The standard InChI is InChI=1S/C10H18N4O4/c1-8(7-15)12(2)5-10(16)6-13-4-9(3-11-13)14(17)18/h3-4,8,10,15-16H,5-7H2,1-2H3. The number of aliphatic hydroxyl groups excluding tert-OH is 2. The van der Waals surface area contributed by atoms with Crippen molar-refractivity contribution < 1.29 is 15.1 Å². The summed E-state index contributed by atoms with van der Waals surface area (Å²) in [5, 5.41) is 33.0. The lowest BCUT2D eigenvalue weighted by molar-refractivity contribution is -0.385. The summed E-state index contributed by atoms with van der Waals surface area (Å²) in [5.41, 5.74) is -0.0979. The minimum absolute atomic E-state index is 0.0104. The summed E-state index contributed by atoms with van der Waals surface area (Å²) in [4.78, 5) is 11.7. The fraction of sp³-hybridized carbons (Fsp3) is 0.700. The molecule has 2 atom stereocenters. The maximum atomic E-state index is 10.5. The van der Waals surface area contributed by atoms with Gasteiger partial charge < -0.3 is 10.2 Å². The Hall–Kier alpha value is -1.51. The number of aromatic nitrogens is 2. The van der Waals surface area contributed by atoms with Crippen molar-refractivity contribution >= 4 is 5.69 Å². The van der Waals surface area contributed by atoms with E-state index in [0.29, 0.717) is 6.54 Å². The quantitative estimate of drug-likeness (QED) is 0.503. The second-order valence-electron chi connectivity index (χ2n) is 4.30. The Morgan fingerprint density at radius 2 is 2.33 bits per heavy atom. The first kappa shape index (κ1) is 14.6. The molecule has 0 aliphatic rings. The Labute approximate surface area is 105 Å². The van der Waals surface area contributed by atoms with Crippen molar-refractivity contribution in [3.8, 4) is 0 Å². The molecule has 1 heterocycles. The monoisotopic (exact) mass is 258 g/mol. The summed E-state index contributed by atoms with van der Waals surface area (Å²) in [5.74, 6) is 0. The highest BCUT2D eigenvalue weighted by atomic mass is 16.6. The van der Waals surface area contributed by atoms with Crippen LogP contribution >= 0.6 is 0 Å². The minimum Gasteiger partial charge on any atom is -0.395 e. The first-order chi connectivity index (χ1) is 8.43. The Morgan fingerprint density at radius 3 is 2.83 bits per heavy atom. The third-order valence-corrected chi connectivity index (χ3v) is 2.74. The molecule has 0 aliphatic carbocycles. The van der Waals surface area contributed by atoms with Crippen LogP contribution in [-0.4, -0.2) is 62.2 Å². The molecule has 0 bridgehead atoms. The summed E-state index contributed by atoms with van der Waals surface area (Å²) < 4.78 is 1.33. The van der Waals surface area contributed by atoms with Crippen molar-refractivity contribution in [3.05, 3.63) is 22.5 Å². The molecule has 18 heavy (non-hydrogen) atoms. The van der Waals surface area contributed by atoms with Crippen LogP contribution in [0.5, 0.6) is 0 Å². The maximum Gasteiger partial charge on any atom is 0.306 e. The van der Waals surface area contributed by atoms with Gasteiger partial charge in [0, 0.05) is 12.6 Å². The van der Waals surface area contributed by atoms with Gasteiger partial charge in [-0.1, -0.05) is 0 Å². The van der Waals surface area contributed by atoms with Crippen LogP contribution in [0.3, 0.4) is 0 Å². The fourth-order valence-corrected chi connectivity index (χ4v) is 1.47. The summed E-state index contributed by atoms with van der Waals surface area (Å²) in [6, 6.07) is -0.0494. The average Bonchev–Trinajstić information content (AvgIpc) is 2.76. The van der Waals surface area contributed by atoms with Crippen LogP contribution in [0.1, 0.15) is 6.92 Å². The van der Waals surface area contributed by atoms with Crippen LogP contribution in [0.4, 0.5) is 5.69 Å². The first-order valence-electron chi connectivity index (χ1n) is 5.60. The van der Waals surface area contributed by atoms with E-state index in [-0.39, 0.29) is 24.9 Å². The number of hydrogen-bond donors (Lipinski definition) is 2. The van der Waals surface area contributed by atoms with Crippen molar-refractivity contribution in [2.24, 2.45) is 0 Å². The summed E-state index contributed by atoms with van der Waals surface area (Å²) in [7, 11) is 1.79. The van der Waals surface area contributed by atoms with Gasteiger partial charge in [-0.25, -0.2) is 0 Å². The van der Waals surface area contributed by atoms with Gasteiger partial charge in [0.15, 0.2) is 0 Å². The molecule has 1 aromatic heterocycles. The molecular formula is C10H18N4O4. The van der Waals surface area contributed by atoms with Crippen LogP contribution in [0.25, 0.3) is 0 Å². The largest absolute Gasteiger partial charge is 0.395 e. The van der Waals surface area contributed by atoms with Gasteiger partial charge in [-0.2, -0.15) is 5.10 Å². The fourth-order valence-electron chi connectivity index (χ4n) is 1.47. The molecule has 0 fully saturated rings. The average molecular weight is 258 g/mol. The highest BCUT2D eigenvalue weighted by molar-refractivity contribution is 5.20. The second kappa shape index (κ2) is 6.43. The smallest absolute Gasteiger partial charge is 0.306 e. The zero-order chi connectivity index (χ0) is 13.7. The first-order valence-corrected chi connectivity index (χ1v) is 5.60. The normalized spacial score (nSPS) is 14.7. The highest BCUT2D eigenvalue weighted by Crippen LogP contribution is 2.08. The van der Waals surface area contributed by atoms with Crippen molar-refractivity contribution in [2.75, 3.05) is 20.2 Å². The van der Waals surface area contributed by atoms with Crippen molar-refractivity contribution in [2.45, 2.75) is 25.6 Å². The zero-order valence-corrected chi connectivity index (χ0v) is 10.4. The van der Waals surface area contributed by atoms with Crippen molar-refractivity contribution in [1.82, 2.24) is 14.7 Å². The lowest BCUT2D eigenvalue weighted by atomic mass is 10.2. The van der Waals surface area contributed by atoms with Crippen LogP contribution in [-0.2, 0) is 6.54 Å². The third-order valence-electron chi connectivity index (χ3n) is 2.74. The topological polar surface area (TPSA) is 105 Å². The van der Waals surface area contributed by atoms with Crippen molar-refractivity contribution in [3.63, 3.8) is 0 Å². The number of aliphatic hydroxyl groups is 2. The Kier molecular flexibility index (Phi) is 5.20. The molecule has 0 saturated heterocycles. The molecule has 1 rings (SSSR count). The lowest BCUT2D eigenvalue weighted by Crippen LogP contribution is -2.39. The number of rotatable bonds is 7. The summed E-state index contributed by atoms with van der Waals surface area (Å²) in [6.07, 6.45) is 1.72. The number of likely N-dealkylation sites (N-methyl/N-ethyl adjacent to an activating group) is 1. The molecule has 2 N–H and O–H groups in total. The predicted molar refractivity (Wildman–Crippen MR) is 64.1 cm³/mol. The molecule has 8 nitrogen and oxygen atoms in total. The van der Waals surface area contributed by atoms with E-state index in [1.807, 2.05) is 11.8 Å². The Bertz CT molecular complexity index is 395. The lowest BCUT2D eigenvalue weighted by Gasteiger charge is -2.25. The van der Waals surface area contributed by atoms with E-state index >= 15 is 0 Å². The van der Waals surface area contributed by atoms with Gasteiger partial charge in [0.1, 0.15) is 12.4 Å². The van der Waals surface area contributed by atoms with Gasteiger partial charge in [0.2, 0.25) is 0 Å². The molecule has 0 amide bonds. The van der Waals surface area contributed by atoms with Gasteiger partial charge in [0.05, 0.1) is 24.2 Å². The SMILES string of the molecule is CC(CO)N(C)CC(O)Cn1cc([N+](=O)[O-])cn1. The van der Waals surface area contributed by atoms with Gasteiger partial charge in [0.25, 0.3) is 0 Å². The predicted octanol–water partition coefficient (Wildman–Crippen LogP) is -0.535. The molecule has 0 saturated carbocycles.